The highest BCUT2D eigenvalue weighted by Crippen LogP contribution is 2.33. The van der Waals surface area contributed by atoms with E-state index in [2.05, 4.69) is 26.0 Å². The minimum atomic E-state index is -0.385. The van der Waals surface area contributed by atoms with Gasteiger partial charge in [-0.05, 0) is 73.0 Å². The molecule has 8 nitrogen and oxygen atoms in total. The van der Waals surface area contributed by atoms with Crippen molar-refractivity contribution in [3.63, 3.8) is 0 Å². The number of benzene rings is 2. The number of nitrogens with zero attached hydrogens (tertiary/aromatic N) is 3. The number of carbonyl (C=O) groups is 2. The van der Waals surface area contributed by atoms with E-state index < -0.39 is 0 Å². The summed E-state index contributed by atoms with van der Waals surface area (Å²) in [5.41, 5.74) is 4.58. The average Bonchev–Trinajstić information content (AvgIpc) is 3.58. The van der Waals surface area contributed by atoms with Gasteiger partial charge in [0.1, 0.15) is 24.1 Å². The third-order valence-electron chi connectivity index (χ3n) is 6.39. The summed E-state index contributed by atoms with van der Waals surface area (Å²) in [6, 6.07) is 16.2. The predicted molar refractivity (Wildman–Crippen MR) is 136 cm³/mol. The van der Waals surface area contributed by atoms with Gasteiger partial charge in [0, 0.05) is 25.6 Å². The Kier molecular flexibility index (Phi) is 7.85. The smallest absolute Gasteiger partial charge is 0.262 e. The molecule has 1 unspecified atom stereocenters. The first-order valence-corrected chi connectivity index (χ1v) is 11.8. The van der Waals surface area contributed by atoms with E-state index in [0.29, 0.717) is 30.1 Å². The number of amides is 2. The summed E-state index contributed by atoms with van der Waals surface area (Å²) < 4.78 is 16.0. The van der Waals surface area contributed by atoms with Gasteiger partial charge in [-0.2, -0.15) is 5.10 Å². The molecule has 1 aliphatic rings. The summed E-state index contributed by atoms with van der Waals surface area (Å²) in [7, 11) is 3.13. The van der Waals surface area contributed by atoms with Crippen LogP contribution in [0.3, 0.4) is 0 Å². The van der Waals surface area contributed by atoms with Crippen molar-refractivity contribution < 1.29 is 23.5 Å². The van der Waals surface area contributed by atoms with Crippen LogP contribution >= 0.6 is 0 Å². The Labute approximate surface area is 211 Å². The van der Waals surface area contributed by atoms with E-state index in [-0.39, 0.29) is 30.9 Å². The second-order valence-corrected chi connectivity index (χ2v) is 8.77. The zero-order valence-electron chi connectivity index (χ0n) is 21.1. The third kappa shape index (κ3) is 5.49. The molecule has 1 aliphatic heterocycles. The molecule has 0 N–H and O–H groups in total. The van der Waals surface area contributed by atoms with E-state index in [1.54, 1.807) is 50.8 Å². The molecule has 3 aromatic rings. The number of methoxy groups -OCH3 is 2. The molecule has 2 amide bonds. The van der Waals surface area contributed by atoms with Gasteiger partial charge in [-0.3, -0.25) is 9.59 Å². The van der Waals surface area contributed by atoms with Crippen LogP contribution < -0.4 is 4.74 Å². The first-order valence-electron chi connectivity index (χ1n) is 11.8. The molecule has 0 spiro atoms. The number of aryl methyl sites for hydroxylation is 2. The molecule has 4 rings (SSSR count). The first-order chi connectivity index (χ1) is 17.4. The standard InChI is InChI=1S/C28H31N3O5/c1-19-7-8-22(16-20(19)2)24-17-25(26-6-5-14-36-26)31(29-24)27(32)18-30(13-15-34-3)28(33)21-9-11-23(35-4)12-10-21/h5-12,14,16,25H,13,15,17-18H2,1-4H3. The Hall–Kier alpha value is -3.91. The topological polar surface area (TPSA) is 84.6 Å². The Bertz CT molecular complexity index is 1230. The lowest BCUT2D eigenvalue weighted by Gasteiger charge is -2.26. The number of furan rings is 1. The lowest BCUT2D eigenvalue weighted by atomic mass is 9.99. The quantitative estimate of drug-likeness (QED) is 0.446. The highest BCUT2D eigenvalue weighted by molar-refractivity contribution is 6.04. The van der Waals surface area contributed by atoms with Crippen molar-refractivity contribution in [3.05, 3.63) is 88.9 Å². The van der Waals surface area contributed by atoms with Gasteiger partial charge >= 0.3 is 0 Å². The minimum Gasteiger partial charge on any atom is -0.497 e. The van der Waals surface area contributed by atoms with Gasteiger partial charge in [0.2, 0.25) is 0 Å². The summed E-state index contributed by atoms with van der Waals surface area (Å²) in [5, 5.41) is 6.16. The van der Waals surface area contributed by atoms with Gasteiger partial charge in [-0.1, -0.05) is 12.1 Å². The Balaban J connectivity index is 1.60. The SMILES string of the molecule is COCCN(CC(=O)N1N=C(c2ccc(C)c(C)c2)CC1c1ccco1)C(=O)c1ccc(OC)cc1. The highest BCUT2D eigenvalue weighted by Gasteiger charge is 2.36. The first kappa shape index (κ1) is 25.2. The van der Waals surface area contributed by atoms with Gasteiger partial charge in [0.25, 0.3) is 11.8 Å². The van der Waals surface area contributed by atoms with Crippen LogP contribution in [0.5, 0.6) is 5.75 Å². The van der Waals surface area contributed by atoms with Crippen molar-refractivity contribution in [2.45, 2.75) is 26.3 Å². The maximum absolute atomic E-state index is 13.6. The lowest BCUT2D eigenvalue weighted by molar-refractivity contribution is -0.134. The second-order valence-electron chi connectivity index (χ2n) is 8.77. The van der Waals surface area contributed by atoms with E-state index in [0.717, 1.165) is 16.8 Å². The summed E-state index contributed by atoms with van der Waals surface area (Å²) in [4.78, 5) is 28.3. The van der Waals surface area contributed by atoms with Crippen molar-refractivity contribution in [1.82, 2.24) is 9.91 Å². The minimum absolute atomic E-state index is 0.144. The van der Waals surface area contributed by atoms with Crippen LogP contribution in [0, 0.1) is 13.8 Å². The average molecular weight is 490 g/mol. The van der Waals surface area contributed by atoms with Crippen LogP contribution in [-0.4, -0.2) is 61.4 Å². The number of carbonyl (C=O) groups excluding carboxylic acids is 2. The maximum atomic E-state index is 13.6. The van der Waals surface area contributed by atoms with Gasteiger partial charge in [0.05, 0.1) is 25.7 Å². The van der Waals surface area contributed by atoms with E-state index in [1.165, 1.54) is 15.5 Å². The zero-order valence-corrected chi connectivity index (χ0v) is 21.1. The molecule has 1 atom stereocenters. The zero-order chi connectivity index (χ0) is 25.7. The highest BCUT2D eigenvalue weighted by atomic mass is 16.5. The monoisotopic (exact) mass is 489 g/mol. The van der Waals surface area contributed by atoms with Crippen molar-refractivity contribution in [2.75, 3.05) is 33.9 Å². The van der Waals surface area contributed by atoms with Gasteiger partial charge in [-0.25, -0.2) is 5.01 Å². The van der Waals surface area contributed by atoms with Crippen LogP contribution in [0.4, 0.5) is 0 Å². The Morgan fingerprint density at radius 1 is 1.08 bits per heavy atom. The van der Waals surface area contributed by atoms with E-state index >= 15 is 0 Å². The summed E-state index contributed by atoms with van der Waals surface area (Å²) >= 11 is 0. The van der Waals surface area contributed by atoms with Crippen molar-refractivity contribution in [1.29, 1.82) is 0 Å². The van der Waals surface area contributed by atoms with Crippen LogP contribution in [0.1, 0.15) is 45.3 Å². The molecule has 0 bridgehead atoms. The molecule has 2 aromatic carbocycles. The summed E-state index contributed by atoms with van der Waals surface area (Å²) in [5.74, 6) is 0.733. The molecule has 0 saturated heterocycles. The second kappa shape index (κ2) is 11.2. The fourth-order valence-electron chi connectivity index (χ4n) is 4.14. The fourth-order valence-corrected chi connectivity index (χ4v) is 4.14. The number of ether oxygens (including phenoxy) is 2. The molecule has 0 saturated carbocycles. The molecule has 8 heteroatoms. The van der Waals surface area contributed by atoms with Crippen molar-refractivity contribution in [2.24, 2.45) is 5.10 Å². The molecule has 1 aromatic heterocycles. The molecule has 188 valence electrons. The van der Waals surface area contributed by atoms with Crippen LogP contribution in [0.2, 0.25) is 0 Å². The van der Waals surface area contributed by atoms with Gasteiger partial charge in [0.15, 0.2) is 0 Å². The van der Waals surface area contributed by atoms with Gasteiger partial charge < -0.3 is 18.8 Å². The van der Waals surface area contributed by atoms with E-state index in [9.17, 15) is 9.59 Å². The molecule has 36 heavy (non-hydrogen) atoms. The van der Waals surface area contributed by atoms with Crippen LogP contribution in [0.25, 0.3) is 0 Å². The molecule has 0 fully saturated rings. The number of hydrogen-bond donors (Lipinski definition) is 0. The molecular formula is C28H31N3O5. The predicted octanol–water partition coefficient (Wildman–Crippen LogP) is 4.37. The van der Waals surface area contributed by atoms with Crippen LogP contribution in [0.15, 0.2) is 70.4 Å². The third-order valence-corrected chi connectivity index (χ3v) is 6.39. The lowest BCUT2D eigenvalue weighted by Crippen LogP contribution is -2.42. The van der Waals surface area contributed by atoms with E-state index in [1.807, 2.05) is 12.1 Å². The normalized spacial score (nSPS) is 15.1. The number of hydrogen-bond acceptors (Lipinski definition) is 6. The van der Waals surface area contributed by atoms with Crippen molar-refractivity contribution in [3.8, 4) is 5.75 Å². The van der Waals surface area contributed by atoms with E-state index in [4.69, 9.17) is 19.0 Å². The van der Waals surface area contributed by atoms with Gasteiger partial charge in [-0.15, -0.1) is 0 Å². The number of hydrazone groups is 1. The molecule has 2 heterocycles. The largest absolute Gasteiger partial charge is 0.497 e. The molecule has 0 aliphatic carbocycles. The Morgan fingerprint density at radius 2 is 1.86 bits per heavy atom. The Morgan fingerprint density at radius 3 is 2.50 bits per heavy atom. The fraction of sp³-hybridized carbons (Fsp3) is 0.321. The summed E-state index contributed by atoms with van der Waals surface area (Å²) in [6.45, 7) is 4.54. The number of rotatable bonds is 9. The summed E-state index contributed by atoms with van der Waals surface area (Å²) in [6.07, 6.45) is 2.11. The van der Waals surface area contributed by atoms with Crippen LogP contribution in [-0.2, 0) is 9.53 Å². The maximum Gasteiger partial charge on any atom is 0.262 e. The molecular weight excluding hydrogens is 458 g/mol. The van der Waals surface area contributed by atoms with Crippen molar-refractivity contribution >= 4 is 17.5 Å². The molecule has 0 radical (unpaired) electrons.